The van der Waals surface area contributed by atoms with E-state index in [9.17, 15) is 4.79 Å². The first-order valence-electron chi connectivity index (χ1n) is 5.87. The van der Waals surface area contributed by atoms with Gasteiger partial charge >= 0.3 is 0 Å². The fourth-order valence-electron chi connectivity index (χ4n) is 2.09. The summed E-state index contributed by atoms with van der Waals surface area (Å²) in [4.78, 5) is 12.2. The van der Waals surface area contributed by atoms with E-state index in [-0.39, 0.29) is 11.7 Å². The third kappa shape index (κ3) is 2.16. The molecule has 1 aliphatic rings. The maximum Gasteiger partial charge on any atom is 0.186 e. The highest BCUT2D eigenvalue weighted by molar-refractivity contribution is 5.96. The Labute approximate surface area is 95.6 Å². The summed E-state index contributed by atoms with van der Waals surface area (Å²) in [5.74, 6) is 0.197. The summed E-state index contributed by atoms with van der Waals surface area (Å²) >= 11 is 0. The molecule has 4 nitrogen and oxygen atoms in total. The molecule has 0 N–H and O–H groups in total. The zero-order valence-corrected chi connectivity index (χ0v) is 9.90. The summed E-state index contributed by atoms with van der Waals surface area (Å²) in [5, 5.41) is 4.30. The molecule has 0 spiro atoms. The Bertz CT molecular complexity index is 378. The molecule has 1 atom stereocenters. The lowest BCUT2D eigenvalue weighted by atomic mass is 9.95. The second-order valence-electron chi connectivity index (χ2n) is 4.28. The van der Waals surface area contributed by atoms with Crippen molar-refractivity contribution in [2.75, 3.05) is 13.2 Å². The molecule has 1 aliphatic heterocycles. The highest BCUT2D eigenvalue weighted by atomic mass is 16.5. The van der Waals surface area contributed by atoms with E-state index >= 15 is 0 Å². The minimum absolute atomic E-state index is 0.0221. The van der Waals surface area contributed by atoms with E-state index in [1.807, 2.05) is 20.0 Å². The molecule has 16 heavy (non-hydrogen) atoms. The molecule has 1 aromatic rings. The normalized spacial score (nSPS) is 21.0. The predicted octanol–water partition coefficient (Wildman–Crippen LogP) is 1.59. The van der Waals surface area contributed by atoms with Crippen molar-refractivity contribution in [3.63, 3.8) is 0 Å². The zero-order valence-electron chi connectivity index (χ0n) is 9.90. The summed E-state index contributed by atoms with van der Waals surface area (Å²) in [6.07, 6.45) is 2.78. The number of hydrogen-bond acceptors (Lipinski definition) is 3. The van der Waals surface area contributed by atoms with E-state index in [0.29, 0.717) is 12.3 Å². The van der Waals surface area contributed by atoms with Gasteiger partial charge in [0.15, 0.2) is 5.78 Å². The fraction of sp³-hybridized carbons (Fsp3) is 0.667. The molecule has 1 saturated heterocycles. The molecule has 1 unspecified atom stereocenters. The Hall–Kier alpha value is -1.16. The van der Waals surface area contributed by atoms with Gasteiger partial charge in [-0.2, -0.15) is 5.10 Å². The van der Waals surface area contributed by atoms with Gasteiger partial charge < -0.3 is 4.74 Å². The second kappa shape index (κ2) is 4.78. The first-order valence-corrected chi connectivity index (χ1v) is 5.87. The number of hydrogen-bond donors (Lipinski definition) is 0. The quantitative estimate of drug-likeness (QED) is 0.729. The number of rotatable bonds is 3. The number of aryl methyl sites for hydroxylation is 2. The third-order valence-corrected chi connectivity index (χ3v) is 3.08. The molecule has 88 valence electrons. The highest BCUT2D eigenvalue weighted by Gasteiger charge is 2.25. The monoisotopic (exact) mass is 222 g/mol. The van der Waals surface area contributed by atoms with Crippen molar-refractivity contribution in [1.29, 1.82) is 0 Å². The number of ketones is 1. The van der Waals surface area contributed by atoms with E-state index in [4.69, 9.17) is 4.74 Å². The van der Waals surface area contributed by atoms with Gasteiger partial charge in [0.05, 0.1) is 12.3 Å². The van der Waals surface area contributed by atoms with Gasteiger partial charge in [0.1, 0.15) is 5.69 Å². The summed E-state index contributed by atoms with van der Waals surface area (Å²) in [7, 11) is 1.83. The Morgan fingerprint density at radius 3 is 3.06 bits per heavy atom. The minimum Gasteiger partial charge on any atom is -0.381 e. The lowest BCUT2D eigenvalue weighted by Gasteiger charge is -2.20. The largest absolute Gasteiger partial charge is 0.381 e. The van der Waals surface area contributed by atoms with Crippen molar-refractivity contribution in [2.45, 2.75) is 26.2 Å². The number of Topliss-reactive ketones (excluding diaryl/α,β-unsaturated/α-hetero) is 1. The molecule has 0 saturated carbocycles. The minimum atomic E-state index is 0.0221. The Balaban J connectivity index is 2.15. The van der Waals surface area contributed by atoms with E-state index in [2.05, 4.69) is 5.10 Å². The van der Waals surface area contributed by atoms with Crippen LogP contribution in [0.4, 0.5) is 0 Å². The van der Waals surface area contributed by atoms with E-state index in [0.717, 1.165) is 31.6 Å². The molecular weight excluding hydrogens is 204 g/mol. The van der Waals surface area contributed by atoms with E-state index in [1.54, 1.807) is 4.68 Å². The maximum atomic E-state index is 12.2. The van der Waals surface area contributed by atoms with Crippen LogP contribution < -0.4 is 0 Å². The van der Waals surface area contributed by atoms with Gasteiger partial charge in [-0.05, 0) is 25.3 Å². The van der Waals surface area contributed by atoms with Crippen molar-refractivity contribution in [3.05, 3.63) is 17.5 Å². The molecule has 1 fully saturated rings. The van der Waals surface area contributed by atoms with Crippen LogP contribution in [0, 0.1) is 5.92 Å². The average molecular weight is 222 g/mol. The number of carbonyl (C=O) groups excluding carboxylic acids is 1. The van der Waals surface area contributed by atoms with E-state index in [1.165, 1.54) is 0 Å². The lowest BCUT2D eigenvalue weighted by Crippen LogP contribution is -2.26. The summed E-state index contributed by atoms with van der Waals surface area (Å²) in [6, 6.07) is 1.90. The number of ether oxygens (including phenoxy) is 1. The molecule has 4 heteroatoms. The average Bonchev–Trinajstić information content (AvgIpc) is 2.71. The number of nitrogens with zero attached hydrogens (tertiary/aromatic N) is 2. The van der Waals surface area contributed by atoms with Gasteiger partial charge in [-0.15, -0.1) is 0 Å². The van der Waals surface area contributed by atoms with Gasteiger partial charge in [0.2, 0.25) is 0 Å². The fourth-order valence-corrected chi connectivity index (χ4v) is 2.09. The van der Waals surface area contributed by atoms with Gasteiger partial charge in [-0.1, -0.05) is 6.92 Å². The number of carbonyl (C=O) groups is 1. The number of aromatic nitrogens is 2. The van der Waals surface area contributed by atoms with Gasteiger partial charge in [-0.3, -0.25) is 9.48 Å². The van der Waals surface area contributed by atoms with Crippen molar-refractivity contribution in [1.82, 2.24) is 9.78 Å². The lowest BCUT2D eigenvalue weighted by molar-refractivity contribution is 0.0455. The van der Waals surface area contributed by atoms with Crippen LogP contribution in [-0.4, -0.2) is 28.8 Å². The standard InChI is InChI=1S/C12H18N2O2/c1-3-10-7-11(14(2)13-10)12(15)9-5-4-6-16-8-9/h7,9H,3-6,8H2,1-2H3. The summed E-state index contributed by atoms with van der Waals surface area (Å²) in [5.41, 5.74) is 1.69. The predicted molar refractivity (Wildman–Crippen MR) is 60.5 cm³/mol. The molecule has 0 bridgehead atoms. The molecule has 1 aromatic heterocycles. The van der Waals surface area contributed by atoms with Gasteiger partial charge in [0, 0.05) is 19.6 Å². The Morgan fingerprint density at radius 2 is 2.50 bits per heavy atom. The Kier molecular flexibility index (Phi) is 3.39. The van der Waals surface area contributed by atoms with Crippen molar-refractivity contribution >= 4 is 5.78 Å². The highest BCUT2D eigenvalue weighted by Crippen LogP contribution is 2.19. The van der Waals surface area contributed by atoms with Crippen LogP contribution in [0.3, 0.4) is 0 Å². The summed E-state index contributed by atoms with van der Waals surface area (Å²) < 4.78 is 7.04. The van der Waals surface area contributed by atoms with Crippen LogP contribution >= 0.6 is 0 Å². The molecule has 2 heterocycles. The Morgan fingerprint density at radius 1 is 1.69 bits per heavy atom. The van der Waals surface area contributed by atoms with Crippen LogP contribution in [0.25, 0.3) is 0 Å². The topological polar surface area (TPSA) is 44.1 Å². The first kappa shape index (κ1) is 11.3. The van der Waals surface area contributed by atoms with Crippen LogP contribution in [0.1, 0.15) is 35.9 Å². The SMILES string of the molecule is CCc1cc(C(=O)C2CCCOC2)n(C)n1. The molecule has 0 amide bonds. The van der Waals surface area contributed by atoms with Crippen LogP contribution in [0.15, 0.2) is 6.07 Å². The molecule has 2 rings (SSSR count). The maximum absolute atomic E-state index is 12.2. The summed E-state index contributed by atoms with van der Waals surface area (Å²) in [6.45, 7) is 3.39. The van der Waals surface area contributed by atoms with Crippen LogP contribution in [0.5, 0.6) is 0 Å². The first-order chi connectivity index (χ1) is 7.72. The molecule has 0 aromatic carbocycles. The van der Waals surface area contributed by atoms with Gasteiger partial charge in [-0.25, -0.2) is 0 Å². The molecule has 0 radical (unpaired) electrons. The molecular formula is C12H18N2O2. The van der Waals surface area contributed by atoms with Crippen molar-refractivity contribution in [2.24, 2.45) is 13.0 Å². The van der Waals surface area contributed by atoms with Crippen LogP contribution in [0.2, 0.25) is 0 Å². The van der Waals surface area contributed by atoms with Gasteiger partial charge in [0.25, 0.3) is 0 Å². The third-order valence-electron chi connectivity index (χ3n) is 3.08. The zero-order chi connectivity index (χ0) is 11.5. The van der Waals surface area contributed by atoms with Crippen molar-refractivity contribution in [3.8, 4) is 0 Å². The second-order valence-corrected chi connectivity index (χ2v) is 4.28. The van der Waals surface area contributed by atoms with Crippen molar-refractivity contribution < 1.29 is 9.53 Å². The van der Waals surface area contributed by atoms with Crippen LogP contribution in [-0.2, 0) is 18.2 Å². The van der Waals surface area contributed by atoms with E-state index < -0.39 is 0 Å². The smallest absolute Gasteiger partial charge is 0.186 e. The molecule has 0 aliphatic carbocycles.